The van der Waals surface area contributed by atoms with Crippen LogP contribution in [0.15, 0.2) is 4.99 Å². The van der Waals surface area contributed by atoms with E-state index in [1.807, 2.05) is 11.8 Å². The molecule has 0 radical (unpaired) electrons. The highest BCUT2D eigenvalue weighted by atomic mass is 32.2. The molecule has 0 bridgehead atoms. The molecule has 2 aliphatic rings. The predicted molar refractivity (Wildman–Crippen MR) is 76.3 cm³/mol. The molecule has 1 N–H and O–H groups in total. The van der Waals surface area contributed by atoms with E-state index in [0.29, 0.717) is 24.0 Å². The summed E-state index contributed by atoms with van der Waals surface area (Å²) in [4.78, 5) is 4.78. The molecular weight excluding hydrogens is 230 g/mol. The molecule has 0 aromatic heterocycles. The van der Waals surface area contributed by atoms with Crippen LogP contribution in [-0.4, -0.2) is 34.1 Å². The van der Waals surface area contributed by atoms with Crippen LogP contribution >= 0.6 is 11.8 Å². The van der Waals surface area contributed by atoms with Gasteiger partial charge < -0.3 is 0 Å². The van der Waals surface area contributed by atoms with Crippen LogP contribution in [0.25, 0.3) is 0 Å². The number of thioether (sulfide) groups is 1. The topological polar surface area (TPSA) is 27.6 Å². The minimum atomic E-state index is 0.498. The zero-order valence-electron chi connectivity index (χ0n) is 11.4. The number of hydrogen-bond acceptors (Lipinski definition) is 4. The molecule has 3 atom stereocenters. The van der Waals surface area contributed by atoms with Gasteiger partial charge in [-0.1, -0.05) is 32.0 Å². The van der Waals surface area contributed by atoms with E-state index in [-0.39, 0.29) is 0 Å². The van der Waals surface area contributed by atoms with Crippen LogP contribution in [0, 0.1) is 5.92 Å². The zero-order valence-corrected chi connectivity index (χ0v) is 12.3. The first-order chi connectivity index (χ1) is 8.08. The summed E-state index contributed by atoms with van der Waals surface area (Å²) in [5.41, 5.74) is 3.55. The van der Waals surface area contributed by atoms with Crippen LogP contribution < -0.4 is 5.43 Å². The second kappa shape index (κ2) is 5.61. The maximum atomic E-state index is 4.78. The number of hydrazine groups is 1. The molecule has 2 heterocycles. The molecule has 4 heteroatoms. The Balaban J connectivity index is 1.94. The fraction of sp³-hybridized carbons (Fsp3) is 0.923. The normalized spacial score (nSPS) is 35.1. The zero-order chi connectivity index (χ0) is 12.4. The van der Waals surface area contributed by atoms with Crippen molar-refractivity contribution in [2.45, 2.75) is 65.1 Å². The van der Waals surface area contributed by atoms with Crippen LogP contribution in [0.4, 0.5) is 0 Å². The molecular formula is C13H25N3S. The lowest BCUT2D eigenvalue weighted by Gasteiger charge is -2.39. The van der Waals surface area contributed by atoms with Gasteiger partial charge in [0.15, 0.2) is 5.17 Å². The Kier molecular flexibility index (Phi) is 4.36. The van der Waals surface area contributed by atoms with E-state index in [9.17, 15) is 0 Å². The highest BCUT2D eigenvalue weighted by Crippen LogP contribution is 2.25. The monoisotopic (exact) mass is 255 g/mol. The Morgan fingerprint density at radius 1 is 1.29 bits per heavy atom. The molecule has 98 valence electrons. The molecule has 17 heavy (non-hydrogen) atoms. The van der Waals surface area contributed by atoms with Gasteiger partial charge >= 0.3 is 0 Å². The van der Waals surface area contributed by atoms with E-state index in [0.717, 1.165) is 10.9 Å². The number of piperidine rings is 1. The summed E-state index contributed by atoms with van der Waals surface area (Å²) in [5, 5.41) is 3.53. The molecule has 1 fully saturated rings. The van der Waals surface area contributed by atoms with Crippen molar-refractivity contribution in [3.8, 4) is 0 Å². The Bertz CT molecular complexity index is 280. The molecule has 0 saturated carbocycles. The van der Waals surface area contributed by atoms with Crippen molar-refractivity contribution < 1.29 is 0 Å². The van der Waals surface area contributed by atoms with E-state index in [1.165, 1.54) is 19.3 Å². The Morgan fingerprint density at radius 2 is 1.94 bits per heavy atom. The van der Waals surface area contributed by atoms with Gasteiger partial charge in [-0.25, -0.2) is 5.01 Å². The predicted octanol–water partition coefficient (Wildman–Crippen LogP) is 2.88. The van der Waals surface area contributed by atoms with Crippen LogP contribution in [-0.2, 0) is 0 Å². The van der Waals surface area contributed by atoms with E-state index >= 15 is 0 Å². The second-order valence-corrected chi connectivity index (χ2v) is 6.71. The molecule has 2 rings (SSSR count). The van der Waals surface area contributed by atoms with Gasteiger partial charge in [0.25, 0.3) is 0 Å². The van der Waals surface area contributed by atoms with Gasteiger partial charge in [-0.15, -0.1) is 0 Å². The van der Waals surface area contributed by atoms with E-state index in [4.69, 9.17) is 4.99 Å². The first kappa shape index (κ1) is 13.2. The fourth-order valence-electron chi connectivity index (χ4n) is 2.54. The van der Waals surface area contributed by atoms with Crippen LogP contribution in [0.3, 0.4) is 0 Å². The third kappa shape index (κ3) is 3.16. The van der Waals surface area contributed by atoms with Crippen LogP contribution in [0.5, 0.6) is 0 Å². The third-order valence-electron chi connectivity index (χ3n) is 3.86. The minimum absolute atomic E-state index is 0.498. The molecule has 0 amide bonds. The lowest BCUT2D eigenvalue weighted by Crippen LogP contribution is -2.53. The molecule has 3 nitrogen and oxygen atoms in total. The summed E-state index contributed by atoms with van der Waals surface area (Å²) in [7, 11) is 0. The first-order valence-electron chi connectivity index (χ1n) is 6.83. The fourth-order valence-corrected chi connectivity index (χ4v) is 3.71. The number of nitrogens with zero attached hydrogens (tertiary/aromatic N) is 2. The highest BCUT2D eigenvalue weighted by molar-refractivity contribution is 8.14. The first-order valence-corrected chi connectivity index (χ1v) is 7.82. The van der Waals surface area contributed by atoms with Gasteiger partial charge in [-0.2, -0.15) is 0 Å². The summed E-state index contributed by atoms with van der Waals surface area (Å²) in [6, 6.07) is 1.75. The van der Waals surface area contributed by atoms with Crippen molar-refractivity contribution in [3.05, 3.63) is 0 Å². The number of rotatable bonds is 2. The maximum Gasteiger partial charge on any atom is 0.171 e. The van der Waals surface area contributed by atoms with Crippen LogP contribution in [0.2, 0.25) is 0 Å². The molecule has 1 saturated heterocycles. The maximum absolute atomic E-state index is 4.78. The molecule has 0 spiro atoms. The third-order valence-corrected chi connectivity index (χ3v) is 4.84. The number of aliphatic imine (C=N–C) groups is 1. The second-order valence-electron chi connectivity index (χ2n) is 5.70. The Hall–Kier alpha value is -0.220. The summed E-state index contributed by atoms with van der Waals surface area (Å²) in [6.45, 7) is 9.12. The molecule has 2 aliphatic heterocycles. The van der Waals surface area contributed by atoms with Gasteiger partial charge in [0, 0.05) is 17.8 Å². The van der Waals surface area contributed by atoms with Gasteiger partial charge in [0.1, 0.15) is 0 Å². The highest BCUT2D eigenvalue weighted by Gasteiger charge is 2.28. The van der Waals surface area contributed by atoms with E-state index in [1.54, 1.807) is 0 Å². The average Bonchev–Trinajstić information content (AvgIpc) is 2.72. The van der Waals surface area contributed by atoms with Gasteiger partial charge in [-0.3, -0.25) is 10.4 Å². The minimum Gasteiger partial charge on any atom is -0.297 e. The van der Waals surface area contributed by atoms with Crippen LogP contribution in [0.1, 0.15) is 47.0 Å². The lowest BCUT2D eigenvalue weighted by atomic mass is 10.00. The lowest BCUT2D eigenvalue weighted by molar-refractivity contribution is 0.0752. The summed E-state index contributed by atoms with van der Waals surface area (Å²) < 4.78 is 0. The molecule has 0 aromatic rings. The van der Waals surface area contributed by atoms with Crippen molar-refractivity contribution in [1.82, 2.24) is 10.4 Å². The van der Waals surface area contributed by atoms with Gasteiger partial charge in [0.2, 0.25) is 0 Å². The molecule has 0 aromatic carbocycles. The summed E-state index contributed by atoms with van der Waals surface area (Å²) in [6.07, 6.45) is 3.94. The Labute approximate surface area is 109 Å². The molecule has 0 aliphatic carbocycles. The van der Waals surface area contributed by atoms with E-state index in [2.05, 4.69) is 38.1 Å². The van der Waals surface area contributed by atoms with Crippen molar-refractivity contribution >= 4 is 16.9 Å². The van der Waals surface area contributed by atoms with Gasteiger partial charge in [-0.05, 0) is 32.6 Å². The quantitative estimate of drug-likeness (QED) is 0.822. The largest absolute Gasteiger partial charge is 0.297 e. The standard InChI is InChI=1S/C13H25N3S/c1-9(2)12-8-17-13(14-12)15-16-10(3)6-5-7-11(16)4/h9-12H,5-8H2,1-4H3,(H,14,15)/t10?,11?,12-/m1/s1. The van der Waals surface area contributed by atoms with Gasteiger partial charge in [0.05, 0.1) is 6.04 Å². The van der Waals surface area contributed by atoms with E-state index < -0.39 is 0 Å². The average molecular weight is 255 g/mol. The Morgan fingerprint density at radius 3 is 2.47 bits per heavy atom. The number of hydrogen-bond donors (Lipinski definition) is 1. The van der Waals surface area contributed by atoms with Crippen molar-refractivity contribution in [1.29, 1.82) is 0 Å². The van der Waals surface area contributed by atoms with Crippen molar-refractivity contribution in [2.24, 2.45) is 10.9 Å². The molecule has 2 unspecified atom stereocenters. The van der Waals surface area contributed by atoms with Crippen molar-refractivity contribution in [3.63, 3.8) is 0 Å². The SMILES string of the molecule is CC(C)[C@H]1CSC(NN2C(C)CCCC2C)=N1. The summed E-state index contributed by atoms with van der Waals surface area (Å²) >= 11 is 1.87. The number of nitrogens with one attached hydrogen (secondary N) is 1. The van der Waals surface area contributed by atoms with Crippen molar-refractivity contribution in [2.75, 3.05) is 5.75 Å². The number of amidine groups is 1. The summed E-state index contributed by atoms with van der Waals surface area (Å²) in [5.74, 6) is 1.79. The smallest absolute Gasteiger partial charge is 0.171 e.